The number of rotatable bonds is 4. The molecule has 2 aliphatic carbocycles. The molecule has 0 aromatic heterocycles. The van der Waals surface area contributed by atoms with Gasteiger partial charge >= 0.3 is 0 Å². The summed E-state index contributed by atoms with van der Waals surface area (Å²) in [7, 11) is 0. The van der Waals surface area contributed by atoms with E-state index in [4.69, 9.17) is 0 Å². The first-order valence-electron chi connectivity index (χ1n) is 6.74. The molecule has 1 aromatic rings. The van der Waals surface area contributed by atoms with E-state index in [1.165, 1.54) is 31.4 Å². The highest BCUT2D eigenvalue weighted by Gasteiger charge is 2.40. The van der Waals surface area contributed by atoms with Gasteiger partial charge in [0, 0.05) is 12.1 Å². The van der Waals surface area contributed by atoms with Crippen molar-refractivity contribution in [2.24, 2.45) is 11.8 Å². The Balaban J connectivity index is 1.85. The highest BCUT2D eigenvalue weighted by molar-refractivity contribution is 5.65. The van der Waals surface area contributed by atoms with Gasteiger partial charge in [0.25, 0.3) is 11.4 Å². The van der Waals surface area contributed by atoms with E-state index in [0.29, 0.717) is 11.6 Å². The van der Waals surface area contributed by atoms with Crippen LogP contribution in [0.3, 0.4) is 0 Å². The van der Waals surface area contributed by atoms with Gasteiger partial charge in [-0.3, -0.25) is 20.2 Å². The van der Waals surface area contributed by atoms with Gasteiger partial charge in [0.05, 0.1) is 15.9 Å². The summed E-state index contributed by atoms with van der Waals surface area (Å²) < 4.78 is 0. The van der Waals surface area contributed by atoms with Gasteiger partial charge < -0.3 is 5.32 Å². The van der Waals surface area contributed by atoms with Crippen molar-refractivity contribution in [2.45, 2.75) is 31.7 Å². The first-order chi connectivity index (χ1) is 9.54. The highest BCUT2D eigenvalue weighted by Crippen LogP contribution is 2.46. The fourth-order valence-electron chi connectivity index (χ4n) is 3.53. The van der Waals surface area contributed by atoms with Crippen molar-refractivity contribution < 1.29 is 9.85 Å². The van der Waals surface area contributed by atoms with E-state index >= 15 is 0 Å². The van der Waals surface area contributed by atoms with E-state index in [0.717, 1.165) is 18.4 Å². The van der Waals surface area contributed by atoms with Crippen LogP contribution in [0.4, 0.5) is 17.1 Å². The number of fused-ring (bicyclic) bond motifs is 2. The molecule has 0 amide bonds. The Morgan fingerprint density at radius 1 is 1.10 bits per heavy atom. The Morgan fingerprint density at radius 2 is 1.90 bits per heavy atom. The van der Waals surface area contributed by atoms with Gasteiger partial charge in [-0.1, -0.05) is 6.42 Å². The fraction of sp³-hybridized carbons (Fsp3) is 0.538. The lowest BCUT2D eigenvalue weighted by molar-refractivity contribution is -0.393. The number of nitro groups is 2. The van der Waals surface area contributed by atoms with E-state index in [1.807, 2.05) is 0 Å². The Morgan fingerprint density at radius 3 is 2.45 bits per heavy atom. The summed E-state index contributed by atoms with van der Waals surface area (Å²) in [6, 6.07) is 4.04. The third-order valence-corrected chi connectivity index (χ3v) is 4.47. The number of hydrogen-bond donors (Lipinski definition) is 1. The molecule has 20 heavy (non-hydrogen) atoms. The van der Waals surface area contributed by atoms with Crippen molar-refractivity contribution in [3.05, 3.63) is 38.4 Å². The lowest BCUT2D eigenvalue weighted by Gasteiger charge is -2.23. The van der Waals surface area contributed by atoms with Gasteiger partial charge in [-0.25, -0.2) is 0 Å². The molecule has 0 spiro atoms. The summed E-state index contributed by atoms with van der Waals surface area (Å²) >= 11 is 0. The van der Waals surface area contributed by atoms with Crippen molar-refractivity contribution in [1.82, 2.24) is 0 Å². The second-order valence-electron chi connectivity index (χ2n) is 5.64. The third kappa shape index (κ3) is 2.19. The zero-order valence-corrected chi connectivity index (χ0v) is 10.8. The van der Waals surface area contributed by atoms with Crippen LogP contribution in [0.2, 0.25) is 0 Å². The molecule has 0 saturated heterocycles. The van der Waals surface area contributed by atoms with Crippen molar-refractivity contribution in [2.75, 3.05) is 5.32 Å². The molecule has 7 heteroatoms. The topological polar surface area (TPSA) is 98.3 Å². The minimum absolute atomic E-state index is 0.220. The summed E-state index contributed by atoms with van der Waals surface area (Å²) in [6.07, 6.45) is 4.66. The minimum Gasteiger partial charge on any atom is -0.376 e. The molecule has 0 heterocycles. The summed E-state index contributed by atoms with van der Waals surface area (Å²) in [6.45, 7) is 0. The largest absolute Gasteiger partial charge is 0.376 e. The van der Waals surface area contributed by atoms with Gasteiger partial charge in [0.2, 0.25) is 0 Å². The summed E-state index contributed by atoms with van der Waals surface area (Å²) in [5.41, 5.74) is -0.0877. The number of nitro benzene ring substituents is 2. The van der Waals surface area contributed by atoms with Crippen molar-refractivity contribution in [3.63, 3.8) is 0 Å². The lowest BCUT2D eigenvalue weighted by Crippen LogP contribution is -2.26. The molecule has 2 bridgehead atoms. The molecule has 2 saturated carbocycles. The second kappa shape index (κ2) is 4.73. The average molecular weight is 277 g/mol. The van der Waals surface area contributed by atoms with Crippen LogP contribution in [-0.4, -0.2) is 15.9 Å². The average Bonchev–Trinajstić information content (AvgIpc) is 3.01. The standard InChI is InChI=1S/C13H15N3O4/c17-15(18)10-3-4-11(13(7-10)16(19)20)14-12-6-8-1-2-9(12)5-8/h3-4,7-9,12,14H,1-2,5-6H2. The van der Waals surface area contributed by atoms with Gasteiger partial charge in [-0.15, -0.1) is 0 Å². The minimum atomic E-state index is -0.617. The van der Waals surface area contributed by atoms with Gasteiger partial charge in [0.15, 0.2) is 0 Å². The van der Waals surface area contributed by atoms with E-state index in [9.17, 15) is 20.2 Å². The molecule has 106 valence electrons. The van der Waals surface area contributed by atoms with Crippen LogP contribution >= 0.6 is 0 Å². The fourth-order valence-corrected chi connectivity index (χ4v) is 3.53. The van der Waals surface area contributed by atoms with Crippen molar-refractivity contribution in [3.8, 4) is 0 Å². The molecule has 7 nitrogen and oxygen atoms in total. The lowest BCUT2D eigenvalue weighted by atomic mass is 9.95. The number of anilines is 1. The van der Waals surface area contributed by atoms with E-state index < -0.39 is 9.85 Å². The molecule has 0 radical (unpaired) electrons. The van der Waals surface area contributed by atoms with E-state index in [-0.39, 0.29) is 17.4 Å². The maximum atomic E-state index is 11.1. The normalized spacial score (nSPS) is 27.5. The Labute approximate surface area is 115 Å². The Bertz CT molecular complexity index is 575. The Hall–Kier alpha value is -2.18. The van der Waals surface area contributed by atoms with Crippen LogP contribution < -0.4 is 5.32 Å². The monoisotopic (exact) mass is 277 g/mol. The Kier molecular flexibility index (Phi) is 3.04. The smallest absolute Gasteiger partial charge is 0.299 e. The molecule has 1 aromatic carbocycles. The number of nitrogens with zero attached hydrogens (tertiary/aromatic N) is 2. The molecule has 0 aliphatic heterocycles. The molecule has 1 N–H and O–H groups in total. The molecule has 3 atom stereocenters. The van der Waals surface area contributed by atoms with E-state index in [1.54, 1.807) is 0 Å². The maximum Gasteiger partial charge on any atom is 0.299 e. The van der Waals surface area contributed by atoms with E-state index in [2.05, 4.69) is 5.32 Å². The van der Waals surface area contributed by atoms with Crippen molar-refractivity contribution >= 4 is 17.1 Å². The molecule has 3 unspecified atom stereocenters. The molecular weight excluding hydrogens is 262 g/mol. The highest BCUT2D eigenvalue weighted by atomic mass is 16.6. The number of hydrogen-bond acceptors (Lipinski definition) is 5. The predicted molar refractivity (Wildman–Crippen MR) is 72.6 cm³/mol. The van der Waals surface area contributed by atoms with Crippen LogP contribution in [0.25, 0.3) is 0 Å². The van der Waals surface area contributed by atoms with Crippen LogP contribution in [0.1, 0.15) is 25.7 Å². The van der Waals surface area contributed by atoms with Crippen molar-refractivity contribution in [1.29, 1.82) is 0 Å². The summed E-state index contributed by atoms with van der Waals surface area (Å²) in [5, 5.41) is 25.0. The molecule has 3 rings (SSSR count). The van der Waals surface area contributed by atoms with Crippen LogP contribution in [0.15, 0.2) is 18.2 Å². The van der Waals surface area contributed by atoms with Gasteiger partial charge in [0.1, 0.15) is 5.69 Å². The molecular formula is C13H15N3O4. The number of benzene rings is 1. The number of nitrogens with one attached hydrogen (secondary N) is 1. The molecule has 2 fully saturated rings. The SMILES string of the molecule is O=[N+]([O-])c1ccc(NC2CC3CCC2C3)c([N+](=O)[O-])c1. The first-order valence-corrected chi connectivity index (χ1v) is 6.74. The van der Waals surface area contributed by atoms with Crippen LogP contribution in [0.5, 0.6) is 0 Å². The zero-order chi connectivity index (χ0) is 14.3. The molecule has 2 aliphatic rings. The van der Waals surface area contributed by atoms with Gasteiger partial charge in [-0.05, 0) is 37.2 Å². The quantitative estimate of drug-likeness (QED) is 0.673. The number of non-ortho nitro benzene ring substituents is 1. The van der Waals surface area contributed by atoms with Crippen LogP contribution in [-0.2, 0) is 0 Å². The predicted octanol–water partition coefficient (Wildman–Crippen LogP) is 3.10. The second-order valence-corrected chi connectivity index (χ2v) is 5.64. The maximum absolute atomic E-state index is 11.1. The first kappa shape index (κ1) is 12.8. The summed E-state index contributed by atoms with van der Waals surface area (Å²) in [5.74, 6) is 1.31. The summed E-state index contributed by atoms with van der Waals surface area (Å²) in [4.78, 5) is 20.6. The van der Waals surface area contributed by atoms with Crippen LogP contribution in [0, 0.1) is 32.1 Å². The zero-order valence-electron chi connectivity index (χ0n) is 10.8. The third-order valence-electron chi connectivity index (χ3n) is 4.47. The van der Waals surface area contributed by atoms with Gasteiger partial charge in [-0.2, -0.15) is 0 Å².